The molecule has 0 bridgehead atoms. The number of rotatable bonds is 11. The number of nitrogens with zero attached hydrogens (tertiary/aromatic N) is 3. The Kier molecular flexibility index (Phi) is 8.91. The van der Waals surface area contributed by atoms with E-state index in [1.165, 1.54) is 22.9 Å². The summed E-state index contributed by atoms with van der Waals surface area (Å²) < 4.78 is 34.7. The number of hydrogen-bond donors (Lipinski definition) is 3. The van der Waals surface area contributed by atoms with E-state index in [1.54, 1.807) is 6.07 Å². The second-order valence-corrected chi connectivity index (χ2v) is 12.1. The van der Waals surface area contributed by atoms with E-state index in [9.17, 15) is 23.4 Å². The molecule has 10 nitrogen and oxygen atoms in total. The minimum Gasteiger partial charge on any atom is -0.465 e. The fraction of sp³-hybridized carbons (Fsp3) is 0.481. The maximum atomic E-state index is 13.8. The number of sulfonamides is 1. The molecular formula is C27H36N4O6S. The molecule has 3 N–H and O–H groups in total. The van der Waals surface area contributed by atoms with Gasteiger partial charge in [-0.25, -0.2) is 13.2 Å². The summed E-state index contributed by atoms with van der Waals surface area (Å²) in [6.45, 7) is 5.36. The number of anilines is 1. The number of aliphatic hydroxyl groups excluding tert-OH is 1. The Hall–Kier alpha value is -3.15. The van der Waals surface area contributed by atoms with Gasteiger partial charge in [0.15, 0.2) is 5.58 Å². The Morgan fingerprint density at radius 2 is 1.82 bits per heavy atom. The molecule has 2 aromatic carbocycles. The molecule has 0 aliphatic carbocycles. The molecule has 206 valence electrons. The van der Waals surface area contributed by atoms with Crippen molar-refractivity contribution in [2.45, 2.75) is 56.6 Å². The number of piperidine rings is 1. The van der Waals surface area contributed by atoms with Crippen LogP contribution in [-0.4, -0.2) is 72.3 Å². The van der Waals surface area contributed by atoms with Gasteiger partial charge in [-0.2, -0.15) is 9.29 Å². The molecule has 1 aliphatic heterocycles. The molecule has 2 heterocycles. The zero-order valence-corrected chi connectivity index (χ0v) is 22.6. The lowest BCUT2D eigenvalue weighted by molar-refractivity contribution is 0.0980. The van der Waals surface area contributed by atoms with E-state index in [0.29, 0.717) is 17.1 Å². The van der Waals surface area contributed by atoms with Crippen LogP contribution in [0.4, 0.5) is 10.8 Å². The van der Waals surface area contributed by atoms with Crippen molar-refractivity contribution >= 4 is 33.2 Å². The predicted octanol–water partition coefficient (Wildman–Crippen LogP) is 3.70. The van der Waals surface area contributed by atoms with Gasteiger partial charge in [0.2, 0.25) is 10.0 Å². The predicted molar refractivity (Wildman–Crippen MR) is 145 cm³/mol. The third-order valence-electron chi connectivity index (χ3n) is 6.64. The average molecular weight is 545 g/mol. The fourth-order valence-corrected chi connectivity index (χ4v) is 6.38. The van der Waals surface area contributed by atoms with E-state index in [0.717, 1.165) is 31.5 Å². The van der Waals surface area contributed by atoms with Gasteiger partial charge in [0.25, 0.3) is 6.01 Å². The number of hydrogen-bond acceptors (Lipinski definition) is 7. The van der Waals surface area contributed by atoms with Crippen LogP contribution in [0.1, 0.15) is 38.7 Å². The van der Waals surface area contributed by atoms with Crippen molar-refractivity contribution in [2.75, 3.05) is 31.1 Å². The fourth-order valence-electron chi connectivity index (χ4n) is 4.75. The van der Waals surface area contributed by atoms with Crippen LogP contribution in [-0.2, 0) is 16.4 Å². The van der Waals surface area contributed by atoms with Crippen LogP contribution in [0.25, 0.3) is 11.1 Å². The number of nitrogens with one attached hydrogen (secondary N) is 1. The molecule has 1 aromatic heterocycles. The van der Waals surface area contributed by atoms with Crippen molar-refractivity contribution in [1.82, 2.24) is 14.6 Å². The molecule has 0 saturated carbocycles. The van der Waals surface area contributed by atoms with Crippen LogP contribution in [0.3, 0.4) is 0 Å². The van der Waals surface area contributed by atoms with Crippen LogP contribution >= 0.6 is 0 Å². The molecule has 3 aromatic rings. The van der Waals surface area contributed by atoms with Crippen LogP contribution in [0.2, 0.25) is 0 Å². The summed E-state index contributed by atoms with van der Waals surface area (Å²) in [5, 5.41) is 22.8. The van der Waals surface area contributed by atoms with E-state index in [-0.39, 0.29) is 30.3 Å². The van der Waals surface area contributed by atoms with Gasteiger partial charge in [0.1, 0.15) is 5.52 Å². The van der Waals surface area contributed by atoms with Crippen molar-refractivity contribution in [3.63, 3.8) is 0 Å². The highest BCUT2D eigenvalue weighted by molar-refractivity contribution is 7.89. The first kappa shape index (κ1) is 27.9. The monoisotopic (exact) mass is 544 g/mol. The molecule has 1 fully saturated rings. The number of carboxylic acid groups (broad SMARTS) is 1. The smallest absolute Gasteiger partial charge is 0.404 e. The second kappa shape index (κ2) is 12.1. The molecule has 4 rings (SSSR count). The van der Waals surface area contributed by atoms with E-state index in [4.69, 9.17) is 4.42 Å². The Bertz CT molecular complexity index is 1320. The molecular weight excluding hydrogens is 508 g/mol. The van der Waals surface area contributed by atoms with Crippen molar-refractivity contribution < 1.29 is 27.8 Å². The van der Waals surface area contributed by atoms with Crippen molar-refractivity contribution in [3.8, 4) is 0 Å². The quantitative estimate of drug-likeness (QED) is 0.332. The summed E-state index contributed by atoms with van der Waals surface area (Å²) in [5.74, 6) is -0.0308. The molecule has 38 heavy (non-hydrogen) atoms. The van der Waals surface area contributed by atoms with Crippen LogP contribution < -0.4 is 10.2 Å². The Balaban J connectivity index is 1.58. The lowest BCUT2D eigenvalue weighted by atomic mass is 10.0. The average Bonchev–Trinajstić information content (AvgIpc) is 3.32. The number of aromatic nitrogens is 1. The van der Waals surface area contributed by atoms with Crippen LogP contribution in [0, 0.1) is 5.92 Å². The molecule has 1 amide bonds. The largest absolute Gasteiger partial charge is 0.465 e. The number of fused-ring (bicyclic) bond motifs is 1. The molecule has 0 spiro atoms. The third kappa shape index (κ3) is 6.83. The molecule has 0 radical (unpaired) electrons. The molecule has 11 heteroatoms. The second-order valence-electron chi connectivity index (χ2n) is 10.2. The SMILES string of the molecule is CC(C)CN(CC(O)C(Cc1ccccc1)NC(=O)O)S(=O)(=O)c1ccc2nc(N3CCCCC3)oc2c1. The van der Waals surface area contributed by atoms with Crippen LogP contribution in [0.15, 0.2) is 57.8 Å². The van der Waals surface area contributed by atoms with Gasteiger partial charge in [-0.05, 0) is 49.3 Å². The van der Waals surface area contributed by atoms with Crippen molar-refractivity contribution in [1.29, 1.82) is 0 Å². The summed E-state index contributed by atoms with van der Waals surface area (Å²) in [4.78, 5) is 18.1. The Morgan fingerprint density at radius 1 is 1.11 bits per heavy atom. The van der Waals surface area contributed by atoms with Gasteiger partial charge >= 0.3 is 6.09 Å². The normalized spacial score (nSPS) is 16.2. The van der Waals surface area contributed by atoms with Crippen LogP contribution in [0.5, 0.6) is 0 Å². The Labute approximate surface area is 223 Å². The highest BCUT2D eigenvalue weighted by Crippen LogP contribution is 2.28. The van der Waals surface area contributed by atoms with E-state index in [2.05, 4.69) is 15.2 Å². The van der Waals surface area contributed by atoms with Gasteiger partial charge < -0.3 is 24.8 Å². The molecule has 1 aliphatic rings. The number of benzene rings is 2. The summed E-state index contributed by atoms with van der Waals surface area (Å²) in [6, 6.07) is 13.4. The van der Waals surface area contributed by atoms with Gasteiger partial charge in [-0.3, -0.25) is 0 Å². The zero-order valence-electron chi connectivity index (χ0n) is 21.8. The first-order valence-electron chi connectivity index (χ1n) is 13.0. The highest BCUT2D eigenvalue weighted by atomic mass is 32.2. The van der Waals surface area contributed by atoms with Crippen molar-refractivity contribution in [2.24, 2.45) is 5.92 Å². The van der Waals surface area contributed by atoms with Crippen molar-refractivity contribution in [3.05, 3.63) is 54.1 Å². The first-order valence-corrected chi connectivity index (χ1v) is 14.4. The highest BCUT2D eigenvalue weighted by Gasteiger charge is 2.32. The minimum atomic E-state index is -4.04. The summed E-state index contributed by atoms with van der Waals surface area (Å²) in [6.07, 6.45) is 0.945. The first-order chi connectivity index (χ1) is 18.1. The lowest BCUT2D eigenvalue weighted by Gasteiger charge is -2.30. The number of aliphatic hydroxyl groups is 1. The van der Waals surface area contributed by atoms with E-state index < -0.39 is 28.3 Å². The maximum Gasteiger partial charge on any atom is 0.404 e. The van der Waals surface area contributed by atoms with Gasteiger partial charge in [0, 0.05) is 32.2 Å². The summed E-state index contributed by atoms with van der Waals surface area (Å²) >= 11 is 0. The molecule has 1 saturated heterocycles. The standard InChI is InChI=1S/C27H36N4O6S/c1-19(2)17-31(18-24(32)23(29-27(33)34)15-20-9-5-3-6-10-20)38(35,36)21-11-12-22-25(16-21)37-26(28-22)30-13-7-4-8-14-30/h3,5-6,9-12,16,19,23-24,29,32H,4,7-8,13-15,17-18H2,1-2H3,(H,33,34). The summed E-state index contributed by atoms with van der Waals surface area (Å²) in [7, 11) is -4.04. The number of amides is 1. The minimum absolute atomic E-state index is 0.0308. The lowest BCUT2D eigenvalue weighted by Crippen LogP contribution is -2.50. The molecule has 2 unspecified atom stereocenters. The topological polar surface area (TPSA) is 136 Å². The van der Waals surface area contributed by atoms with E-state index >= 15 is 0 Å². The summed E-state index contributed by atoms with van der Waals surface area (Å²) in [5.41, 5.74) is 1.78. The van der Waals surface area contributed by atoms with Gasteiger partial charge in [-0.1, -0.05) is 44.2 Å². The van der Waals surface area contributed by atoms with Gasteiger partial charge in [-0.15, -0.1) is 0 Å². The van der Waals surface area contributed by atoms with Gasteiger partial charge in [0.05, 0.1) is 17.0 Å². The van der Waals surface area contributed by atoms with E-state index in [1.807, 2.05) is 44.2 Å². The zero-order chi connectivity index (χ0) is 27.3. The third-order valence-corrected chi connectivity index (χ3v) is 8.47. The number of oxazole rings is 1. The Morgan fingerprint density at radius 3 is 2.47 bits per heavy atom. The number of carbonyl (C=O) groups is 1. The molecule has 2 atom stereocenters. The maximum absolute atomic E-state index is 13.8.